The Balaban J connectivity index is 1.83. The van der Waals surface area contributed by atoms with Crippen LogP contribution in [-0.4, -0.2) is 62.1 Å². The normalized spacial score (nSPS) is 15.5. The van der Waals surface area contributed by atoms with Gasteiger partial charge < -0.3 is 19.3 Å². The highest BCUT2D eigenvalue weighted by Gasteiger charge is 2.33. The van der Waals surface area contributed by atoms with Gasteiger partial charge in [-0.1, -0.05) is 19.1 Å². The minimum atomic E-state index is -0.143. The van der Waals surface area contributed by atoms with Crippen LogP contribution in [0.4, 0.5) is 0 Å². The van der Waals surface area contributed by atoms with Gasteiger partial charge in [-0.15, -0.1) is 11.3 Å². The molecule has 1 aliphatic rings. The van der Waals surface area contributed by atoms with E-state index in [1.165, 1.54) is 10.4 Å². The van der Waals surface area contributed by atoms with Gasteiger partial charge in [0.1, 0.15) is 5.75 Å². The van der Waals surface area contributed by atoms with Crippen LogP contribution < -0.4 is 4.74 Å². The van der Waals surface area contributed by atoms with Crippen LogP contribution in [0.2, 0.25) is 0 Å². The van der Waals surface area contributed by atoms with E-state index in [4.69, 9.17) is 9.47 Å². The molecule has 1 aromatic heterocycles. The number of ether oxygens (including phenoxy) is 2. The third-order valence-corrected chi connectivity index (χ3v) is 6.63. The zero-order chi connectivity index (χ0) is 22.2. The standard InChI is InChI=1S/C24H32N2O4S/c1-4-6-22(27)25(13-5-15-29-2)17-23(28)26-14-11-21-20(12-16-31-21)24(26)18-7-9-19(30-3)10-8-18/h7-10,12,16,24H,4-6,11,13-15,17H2,1-3H3. The number of nitrogens with zero attached hydrogens (tertiary/aromatic N) is 2. The van der Waals surface area contributed by atoms with E-state index in [-0.39, 0.29) is 24.4 Å². The highest BCUT2D eigenvalue weighted by Crippen LogP contribution is 2.38. The van der Waals surface area contributed by atoms with Crippen molar-refractivity contribution in [3.8, 4) is 5.75 Å². The first kappa shape index (κ1) is 23.3. The third-order valence-electron chi connectivity index (χ3n) is 5.64. The summed E-state index contributed by atoms with van der Waals surface area (Å²) in [6, 6.07) is 9.88. The maximum atomic E-state index is 13.5. The van der Waals surface area contributed by atoms with Crippen molar-refractivity contribution in [3.63, 3.8) is 0 Å². The van der Waals surface area contributed by atoms with E-state index in [2.05, 4.69) is 11.4 Å². The van der Waals surface area contributed by atoms with Crippen LogP contribution in [-0.2, 0) is 20.7 Å². The zero-order valence-corrected chi connectivity index (χ0v) is 19.5. The molecule has 0 saturated heterocycles. The van der Waals surface area contributed by atoms with Crippen molar-refractivity contribution in [3.05, 3.63) is 51.7 Å². The van der Waals surface area contributed by atoms with Crippen molar-refractivity contribution in [2.45, 2.75) is 38.6 Å². The lowest BCUT2D eigenvalue weighted by Gasteiger charge is -2.37. The van der Waals surface area contributed by atoms with E-state index in [0.717, 1.165) is 30.6 Å². The lowest BCUT2D eigenvalue weighted by atomic mass is 9.93. The monoisotopic (exact) mass is 444 g/mol. The van der Waals surface area contributed by atoms with Gasteiger partial charge in [0, 0.05) is 38.1 Å². The summed E-state index contributed by atoms with van der Waals surface area (Å²) >= 11 is 1.74. The number of amides is 2. The minimum Gasteiger partial charge on any atom is -0.497 e. The van der Waals surface area contributed by atoms with Gasteiger partial charge in [0.25, 0.3) is 0 Å². The predicted molar refractivity (Wildman–Crippen MR) is 123 cm³/mol. The minimum absolute atomic E-state index is 0.0143. The zero-order valence-electron chi connectivity index (χ0n) is 18.6. The number of carbonyl (C=O) groups excluding carboxylic acids is 2. The molecule has 1 atom stereocenters. The molecule has 168 valence electrons. The molecular formula is C24H32N2O4S. The highest BCUT2D eigenvalue weighted by atomic mass is 32.1. The van der Waals surface area contributed by atoms with Crippen LogP contribution in [0.3, 0.4) is 0 Å². The van der Waals surface area contributed by atoms with Crippen LogP contribution in [0.25, 0.3) is 0 Å². The summed E-state index contributed by atoms with van der Waals surface area (Å²) in [5.41, 5.74) is 2.24. The molecule has 0 fully saturated rings. The summed E-state index contributed by atoms with van der Waals surface area (Å²) in [6.45, 7) is 3.84. The Hall–Kier alpha value is -2.38. The second kappa shape index (κ2) is 11.3. The summed E-state index contributed by atoms with van der Waals surface area (Å²) < 4.78 is 10.4. The van der Waals surface area contributed by atoms with Crippen molar-refractivity contribution >= 4 is 23.2 Å². The smallest absolute Gasteiger partial charge is 0.242 e. The second-order valence-electron chi connectivity index (χ2n) is 7.72. The Morgan fingerprint density at radius 2 is 1.97 bits per heavy atom. The molecule has 7 heteroatoms. The predicted octanol–water partition coefficient (Wildman–Crippen LogP) is 3.90. The van der Waals surface area contributed by atoms with Gasteiger partial charge in [-0.3, -0.25) is 9.59 Å². The van der Waals surface area contributed by atoms with Gasteiger partial charge in [-0.2, -0.15) is 0 Å². The Morgan fingerprint density at radius 1 is 1.19 bits per heavy atom. The molecule has 2 aromatic rings. The molecule has 2 heterocycles. The summed E-state index contributed by atoms with van der Waals surface area (Å²) in [7, 11) is 3.29. The number of carbonyl (C=O) groups is 2. The molecule has 0 bridgehead atoms. The van der Waals surface area contributed by atoms with Gasteiger partial charge in [-0.05, 0) is 54.0 Å². The molecule has 31 heavy (non-hydrogen) atoms. The molecule has 1 aliphatic heterocycles. The van der Waals surface area contributed by atoms with E-state index in [1.54, 1.807) is 30.5 Å². The van der Waals surface area contributed by atoms with Crippen molar-refractivity contribution in [2.75, 3.05) is 40.5 Å². The number of hydrogen-bond donors (Lipinski definition) is 0. The molecule has 1 unspecified atom stereocenters. The van der Waals surface area contributed by atoms with Crippen LogP contribution >= 0.6 is 11.3 Å². The molecule has 0 spiro atoms. The maximum absolute atomic E-state index is 13.5. The summed E-state index contributed by atoms with van der Waals surface area (Å²) in [6.07, 6.45) is 2.79. The molecular weight excluding hydrogens is 412 g/mol. The Labute approximate surface area is 188 Å². The fraction of sp³-hybridized carbons (Fsp3) is 0.500. The number of rotatable bonds is 10. The SMILES string of the molecule is CCCC(=O)N(CCCOC)CC(=O)N1CCc2sccc2C1c1ccc(OC)cc1. The van der Waals surface area contributed by atoms with E-state index >= 15 is 0 Å². The highest BCUT2D eigenvalue weighted by molar-refractivity contribution is 7.10. The molecule has 6 nitrogen and oxygen atoms in total. The Bertz CT molecular complexity index is 865. The molecule has 0 aliphatic carbocycles. The van der Waals surface area contributed by atoms with E-state index in [0.29, 0.717) is 26.1 Å². The van der Waals surface area contributed by atoms with Crippen molar-refractivity contribution in [1.82, 2.24) is 9.80 Å². The van der Waals surface area contributed by atoms with E-state index < -0.39 is 0 Å². The summed E-state index contributed by atoms with van der Waals surface area (Å²) in [5.74, 6) is 0.804. The molecule has 1 aromatic carbocycles. The van der Waals surface area contributed by atoms with Gasteiger partial charge in [0.15, 0.2) is 0 Å². The number of thiophene rings is 1. The van der Waals surface area contributed by atoms with E-state index in [1.807, 2.05) is 36.1 Å². The quantitative estimate of drug-likeness (QED) is 0.522. The molecule has 0 radical (unpaired) electrons. The topological polar surface area (TPSA) is 59.1 Å². The summed E-state index contributed by atoms with van der Waals surface area (Å²) in [5, 5.41) is 2.09. The second-order valence-corrected chi connectivity index (χ2v) is 8.72. The van der Waals surface area contributed by atoms with Crippen molar-refractivity contribution in [1.29, 1.82) is 0 Å². The first-order valence-corrected chi connectivity index (χ1v) is 11.7. The fourth-order valence-electron chi connectivity index (χ4n) is 4.05. The average molecular weight is 445 g/mol. The Morgan fingerprint density at radius 3 is 2.65 bits per heavy atom. The molecule has 0 saturated carbocycles. The largest absolute Gasteiger partial charge is 0.497 e. The maximum Gasteiger partial charge on any atom is 0.242 e. The average Bonchev–Trinajstić information content (AvgIpc) is 3.27. The lowest BCUT2D eigenvalue weighted by Crippen LogP contribution is -2.47. The van der Waals surface area contributed by atoms with Crippen LogP contribution in [0.15, 0.2) is 35.7 Å². The van der Waals surface area contributed by atoms with Crippen LogP contribution in [0, 0.1) is 0 Å². The van der Waals surface area contributed by atoms with Crippen LogP contribution in [0.5, 0.6) is 5.75 Å². The fourth-order valence-corrected chi connectivity index (χ4v) is 4.95. The van der Waals surface area contributed by atoms with Gasteiger partial charge in [0.05, 0.1) is 19.7 Å². The lowest BCUT2D eigenvalue weighted by molar-refractivity contribution is -0.142. The number of fused-ring (bicyclic) bond motifs is 1. The van der Waals surface area contributed by atoms with Crippen molar-refractivity contribution in [2.24, 2.45) is 0 Å². The van der Waals surface area contributed by atoms with E-state index in [9.17, 15) is 9.59 Å². The molecule has 3 rings (SSSR count). The first-order valence-electron chi connectivity index (χ1n) is 10.8. The van der Waals surface area contributed by atoms with Gasteiger partial charge >= 0.3 is 0 Å². The molecule has 0 N–H and O–H groups in total. The Kier molecular flexibility index (Phi) is 8.49. The third kappa shape index (κ3) is 5.66. The summed E-state index contributed by atoms with van der Waals surface area (Å²) in [4.78, 5) is 31.1. The first-order chi connectivity index (χ1) is 15.1. The van der Waals surface area contributed by atoms with Gasteiger partial charge in [-0.25, -0.2) is 0 Å². The number of hydrogen-bond acceptors (Lipinski definition) is 5. The van der Waals surface area contributed by atoms with Crippen LogP contribution in [0.1, 0.15) is 48.2 Å². The number of methoxy groups -OCH3 is 2. The van der Waals surface area contributed by atoms with Gasteiger partial charge in [0.2, 0.25) is 11.8 Å². The van der Waals surface area contributed by atoms with Crippen molar-refractivity contribution < 1.29 is 19.1 Å². The molecule has 2 amide bonds. The number of benzene rings is 1.